The molecule has 0 spiro atoms. The van der Waals surface area contributed by atoms with Gasteiger partial charge in [0.1, 0.15) is 5.75 Å². The monoisotopic (exact) mass is 299 g/mol. The number of halogens is 5. The highest BCUT2D eigenvalue weighted by atomic mass is 19.4. The molecule has 0 saturated heterocycles. The Morgan fingerprint density at radius 2 is 1.85 bits per heavy atom. The summed E-state index contributed by atoms with van der Waals surface area (Å²) in [6, 6.07) is 5.38. The summed E-state index contributed by atoms with van der Waals surface area (Å²) in [6.07, 6.45) is -4.49. The Kier molecular flexibility index (Phi) is 5.29. The van der Waals surface area contributed by atoms with Crippen molar-refractivity contribution in [3.8, 4) is 5.75 Å². The lowest BCUT2D eigenvalue weighted by Crippen LogP contribution is -2.47. The quantitative estimate of drug-likeness (QED) is 0.794. The average molecular weight is 299 g/mol. The number of para-hydroxylation sites is 1. The molecule has 0 aromatic heterocycles. The molecule has 0 amide bonds. The highest BCUT2D eigenvalue weighted by molar-refractivity contribution is 5.39. The van der Waals surface area contributed by atoms with E-state index in [0.717, 1.165) is 0 Å². The second-order valence-electron chi connectivity index (χ2n) is 4.33. The van der Waals surface area contributed by atoms with Crippen molar-refractivity contribution < 1.29 is 31.8 Å². The maximum absolute atomic E-state index is 12.3. The Bertz CT molecular complexity index is 438. The fourth-order valence-corrected chi connectivity index (χ4v) is 1.65. The van der Waals surface area contributed by atoms with E-state index >= 15 is 0 Å². The Morgan fingerprint density at radius 3 is 2.35 bits per heavy atom. The van der Waals surface area contributed by atoms with Gasteiger partial charge in [0.05, 0.1) is 18.7 Å². The van der Waals surface area contributed by atoms with E-state index < -0.39 is 31.5 Å². The van der Waals surface area contributed by atoms with Gasteiger partial charge in [-0.1, -0.05) is 18.2 Å². The third-order valence-electron chi connectivity index (χ3n) is 2.69. The lowest BCUT2D eigenvalue weighted by atomic mass is 9.92. The average Bonchev–Trinajstić information content (AvgIpc) is 2.35. The SMILES string of the molecule is CC(CO)(NCC(F)(F)F)c1ccccc1OC(F)F. The van der Waals surface area contributed by atoms with Crippen molar-refractivity contribution >= 4 is 0 Å². The van der Waals surface area contributed by atoms with Crippen LogP contribution in [-0.2, 0) is 5.54 Å². The fourth-order valence-electron chi connectivity index (χ4n) is 1.65. The summed E-state index contributed by atoms with van der Waals surface area (Å²) in [5, 5.41) is 11.4. The van der Waals surface area contributed by atoms with Gasteiger partial charge >= 0.3 is 12.8 Å². The first-order valence-corrected chi connectivity index (χ1v) is 5.65. The van der Waals surface area contributed by atoms with Crippen molar-refractivity contribution in [2.24, 2.45) is 0 Å². The van der Waals surface area contributed by atoms with Gasteiger partial charge in [0.2, 0.25) is 0 Å². The predicted octanol–water partition coefficient (Wildman–Crippen LogP) is 2.65. The summed E-state index contributed by atoms with van der Waals surface area (Å²) in [5.74, 6) is -0.284. The molecule has 1 aromatic carbocycles. The summed E-state index contributed by atoms with van der Waals surface area (Å²) < 4.78 is 65.6. The van der Waals surface area contributed by atoms with E-state index in [1.54, 1.807) is 0 Å². The number of alkyl halides is 5. The predicted molar refractivity (Wildman–Crippen MR) is 61.6 cm³/mol. The first-order valence-electron chi connectivity index (χ1n) is 5.65. The van der Waals surface area contributed by atoms with E-state index in [1.165, 1.54) is 31.2 Å². The standard InChI is InChI=1S/C12H14F5NO2/c1-11(7-19,18-6-12(15,16)17)8-4-2-3-5-9(8)20-10(13)14/h2-5,10,18-19H,6-7H2,1H3. The van der Waals surface area contributed by atoms with Crippen LogP contribution in [0.3, 0.4) is 0 Å². The van der Waals surface area contributed by atoms with Crippen molar-refractivity contribution in [1.82, 2.24) is 5.32 Å². The van der Waals surface area contributed by atoms with Crippen molar-refractivity contribution in [3.05, 3.63) is 29.8 Å². The van der Waals surface area contributed by atoms with Crippen LogP contribution in [0.15, 0.2) is 24.3 Å². The van der Waals surface area contributed by atoms with Gasteiger partial charge in [-0.2, -0.15) is 22.0 Å². The Hall–Kier alpha value is -1.41. The molecule has 1 aromatic rings. The summed E-state index contributed by atoms with van der Waals surface area (Å²) in [7, 11) is 0. The zero-order valence-electron chi connectivity index (χ0n) is 10.5. The van der Waals surface area contributed by atoms with Crippen molar-refractivity contribution in [2.45, 2.75) is 25.3 Å². The number of rotatable bonds is 6. The molecular formula is C12H14F5NO2. The molecular weight excluding hydrogens is 285 g/mol. The van der Waals surface area contributed by atoms with Crippen molar-refractivity contribution in [1.29, 1.82) is 0 Å². The molecule has 8 heteroatoms. The molecule has 1 unspecified atom stereocenters. The first-order chi connectivity index (χ1) is 9.18. The van der Waals surface area contributed by atoms with Crippen LogP contribution in [0.5, 0.6) is 5.75 Å². The van der Waals surface area contributed by atoms with E-state index in [-0.39, 0.29) is 11.3 Å². The van der Waals surface area contributed by atoms with Crippen LogP contribution in [0.2, 0.25) is 0 Å². The van der Waals surface area contributed by atoms with Crippen molar-refractivity contribution in [3.63, 3.8) is 0 Å². The normalized spacial score (nSPS) is 15.2. The van der Waals surface area contributed by atoms with E-state index in [9.17, 15) is 27.1 Å². The number of hydrogen-bond donors (Lipinski definition) is 2. The second kappa shape index (κ2) is 6.36. The minimum absolute atomic E-state index is 0.0204. The van der Waals surface area contributed by atoms with Gasteiger partial charge in [-0.25, -0.2) is 0 Å². The second-order valence-corrected chi connectivity index (χ2v) is 4.33. The molecule has 0 aliphatic carbocycles. The topological polar surface area (TPSA) is 41.5 Å². The largest absolute Gasteiger partial charge is 0.434 e. The fraction of sp³-hybridized carbons (Fsp3) is 0.500. The first kappa shape index (κ1) is 16.6. The molecule has 114 valence electrons. The lowest BCUT2D eigenvalue weighted by Gasteiger charge is -2.31. The van der Waals surface area contributed by atoms with E-state index in [0.29, 0.717) is 0 Å². The van der Waals surface area contributed by atoms with Gasteiger partial charge in [-0.3, -0.25) is 5.32 Å². The molecule has 0 saturated carbocycles. The van der Waals surface area contributed by atoms with Crippen LogP contribution < -0.4 is 10.1 Å². The van der Waals surface area contributed by atoms with Crippen LogP contribution in [0.4, 0.5) is 22.0 Å². The molecule has 0 fully saturated rings. The minimum Gasteiger partial charge on any atom is -0.434 e. The lowest BCUT2D eigenvalue weighted by molar-refractivity contribution is -0.130. The molecule has 3 nitrogen and oxygen atoms in total. The van der Waals surface area contributed by atoms with Gasteiger partial charge in [0, 0.05) is 5.56 Å². The zero-order chi connectivity index (χ0) is 15.4. The molecule has 2 N–H and O–H groups in total. The molecule has 0 bridgehead atoms. The third kappa shape index (κ3) is 4.61. The maximum Gasteiger partial charge on any atom is 0.401 e. The number of aliphatic hydroxyl groups excluding tert-OH is 1. The van der Waals surface area contributed by atoms with Gasteiger partial charge in [-0.15, -0.1) is 0 Å². The summed E-state index contributed by atoms with van der Waals surface area (Å²) in [6.45, 7) is -3.92. The molecule has 0 heterocycles. The number of benzene rings is 1. The van der Waals surface area contributed by atoms with E-state index in [1.807, 2.05) is 0 Å². The molecule has 1 rings (SSSR count). The van der Waals surface area contributed by atoms with E-state index in [4.69, 9.17) is 0 Å². The molecule has 0 aliphatic rings. The highest BCUT2D eigenvalue weighted by Crippen LogP contribution is 2.31. The Labute approximate surface area is 112 Å². The van der Waals surface area contributed by atoms with Crippen LogP contribution in [0.25, 0.3) is 0 Å². The summed E-state index contributed by atoms with van der Waals surface area (Å²) in [5.41, 5.74) is -1.53. The smallest absolute Gasteiger partial charge is 0.401 e. The van der Waals surface area contributed by atoms with Crippen LogP contribution in [0, 0.1) is 0 Å². The van der Waals surface area contributed by atoms with Gasteiger partial charge in [0.25, 0.3) is 0 Å². The number of aliphatic hydroxyl groups is 1. The van der Waals surface area contributed by atoms with Gasteiger partial charge in [0.15, 0.2) is 0 Å². The maximum atomic E-state index is 12.3. The summed E-state index contributed by atoms with van der Waals surface area (Å²) >= 11 is 0. The Morgan fingerprint density at radius 1 is 1.25 bits per heavy atom. The summed E-state index contributed by atoms with van der Waals surface area (Å²) in [4.78, 5) is 0. The molecule has 1 atom stereocenters. The van der Waals surface area contributed by atoms with Crippen LogP contribution >= 0.6 is 0 Å². The van der Waals surface area contributed by atoms with Crippen LogP contribution in [-0.4, -0.2) is 31.0 Å². The number of hydrogen-bond acceptors (Lipinski definition) is 3. The Balaban J connectivity index is 3.04. The number of nitrogens with one attached hydrogen (secondary N) is 1. The van der Waals surface area contributed by atoms with Gasteiger partial charge in [-0.05, 0) is 13.0 Å². The van der Waals surface area contributed by atoms with Crippen LogP contribution in [0.1, 0.15) is 12.5 Å². The molecule has 0 aliphatic heterocycles. The zero-order valence-corrected chi connectivity index (χ0v) is 10.5. The minimum atomic E-state index is -4.49. The molecule has 20 heavy (non-hydrogen) atoms. The van der Waals surface area contributed by atoms with Crippen molar-refractivity contribution in [2.75, 3.05) is 13.2 Å². The van der Waals surface area contributed by atoms with Gasteiger partial charge < -0.3 is 9.84 Å². The number of ether oxygens (including phenoxy) is 1. The highest BCUT2D eigenvalue weighted by Gasteiger charge is 2.35. The van der Waals surface area contributed by atoms with E-state index in [2.05, 4.69) is 10.1 Å². The molecule has 0 radical (unpaired) electrons. The third-order valence-corrected chi connectivity index (χ3v) is 2.69.